The summed E-state index contributed by atoms with van der Waals surface area (Å²) in [5.74, 6) is 1.26. The van der Waals surface area contributed by atoms with Gasteiger partial charge in [0.2, 0.25) is 5.82 Å². The second-order valence-corrected chi connectivity index (χ2v) is 5.97. The molecule has 1 N–H and O–H groups in total. The molecule has 0 atom stereocenters. The first kappa shape index (κ1) is 10.5. The molecule has 0 radical (unpaired) electrons. The van der Waals surface area contributed by atoms with Crippen LogP contribution in [0.4, 0.5) is 0 Å². The number of H-pyrrole nitrogens is 1. The summed E-state index contributed by atoms with van der Waals surface area (Å²) in [6.45, 7) is 5.85. The van der Waals surface area contributed by atoms with Crippen molar-refractivity contribution in [3.8, 4) is 0 Å². The van der Waals surface area contributed by atoms with Gasteiger partial charge in [-0.15, -0.1) is 0 Å². The number of thioether (sulfide) groups is 1. The van der Waals surface area contributed by atoms with Crippen molar-refractivity contribution in [2.45, 2.75) is 18.6 Å². The Morgan fingerprint density at radius 2 is 2.47 bits per heavy atom. The molecule has 1 fully saturated rings. The van der Waals surface area contributed by atoms with Crippen molar-refractivity contribution in [3.63, 3.8) is 0 Å². The number of nitrogens with one attached hydrogen (secondary N) is 1. The molecule has 15 heavy (non-hydrogen) atoms. The van der Waals surface area contributed by atoms with E-state index in [2.05, 4.69) is 29.0 Å². The van der Waals surface area contributed by atoms with Crippen LogP contribution in [0, 0.1) is 0 Å². The fourth-order valence-electron chi connectivity index (χ4n) is 1.65. The first-order chi connectivity index (χ1) is 7.08. The highest BCUT2D eigenvalue weighted by atomic mass is 32.2. The van der Waals surface area contributed by atoms with Gasteiger partial charge in [-0.3, -0.25) is 9.89 Å². The maximum Gasteiger partial charge on any atom is 0.291 e. The zero-order valence-electron chi connectivity index (χ0n) is 8.86. The fraction of sp³-hybridized carbons (Fsp3) is 0.667. The predicted molar refractivity (Wildman–Crippen MR) is 58.8 cm³/mol. The standard InChI is InChI=1S/C9H14N4OS/c1-9(2)5-13(3-4-15-9)8(14)7-10-6-11-12-7/h6H,3-5H2,1-2H3,(H,10,11,12). The van der Waals surface area contributed by atoms with Crippen LogP contribution in [-0.2, 0) is 0 Å². The van der Waals surface area contributed by atoms with Crippen molar-refractivity contribution in [2.75, 3.05) is 18.8 Å². The van der Waals surface area contributed by atoms with Gasteiger partial charge in [-0.05, 0) is 13.8 Å². The normalized spacial score (nSPS) is 20.3. The van der Waals surface area contributed by atoms with E-state index in [1.807, 2.05) is 16.7 Å². The topological polar surface area (TPSA) is 61.9 Å². The lowest BCUT2D eigenvalue weighted by molar-refractivity contribution is 0.0736. The van der Waals surface area contributed by atoms with Crippen molar-refractivity contribution in [2.24, 2.45) is 0 Å². The summed E-state index contributed by atoms with van der Waals surface area (Å²) in [7, 11) is 0. The first-order valence-electron chi connectivity index (χ1n) is 4.87. The van der Waals surface area contributed by atoms with Gasteiger partial charge in [0.1, 0.15) is 6.33 Å². The number of aromatic nitrogens is 3. The Bertz CT molecular complexity index is 349. The van der Waals surface area contributed by atoms with E-state index in [0.717, 1.165) is 18.8 Å². The molecule has 1 aromatic heterocycles. The van der Waals surface area contributed by atoms with Crippen molar-refractivity contribution in [1.29, 1.82) is 0 Å². The van der Waals surface area contributed by atoms with Crippen LogP contribution in [0.2, 0.25) is 0 Å². The van der Waals surface area contributed by atoms with E-state index in [0.29, 0.717) is 5.82 Å². The second kappa shape index (κ2) is 3.84. The van der Waals surface area contributed by atoms with E-state index in [4.69, 9.17) is 0 Å². The molecule has 2 rings (SSSR count). The van der Waals surface area contributed by atoms with E-state index < -0.39 is 0 Å². The van der Waals surface area contributed by atoms with Crippen molar-refractivity contribution < 1.29 is 4.79 Å². The zero-order valence-corrected chi connectivity index (χ0v) is 9.67. The van der Waals surface area contributed by atoms with E-state index in [9.17, 15) is 4.79 Å². The van der Waals surface area contributed by atoms with Gasteiger partial charge >= 0.3 is 0 Å². The molecule has 0 unspecified atom stereocenters. The van der Waals surface area contributed by atoms with Crippen LogP contribution in [0.15, 0.2) is 6.33 Å². The van der Waals surface area contributed by atoms with Crippen LogP contribution in [0.1, 0.15) is 24.5 Å². The van der Waals surface area contributed by atoms with Crippen LogP contribution >= 0.6 is 11.8 Å². The number of hydrogen-bond acceptors (Lipinski definition) is 4. The summed E-state index contributed by atoms with van der Waals surface area (Å²) in [5, 5.41) is 6.29. The minimum Gasteiger partial charge on any atom is -0.334 e. The summed E-state index contributed by atoms with van der Waals surface area (Å²) in [6, 6.07) is 0. The van der Waals surface area contributed by atoms with Crippen LogP contribution in [-0.4, -0.2) is 49.6 Å². The quantitative estimate of drug-likeness (QED) is 0.768. The molecule has 0 aliphatic carbocycles. The summed E-state index contributed by atoms with van der Waals surface area (Å²) < 4.78 is 0.133. The maximum absolute atomic E-state index is 11.9. The largest absolute Gasteiger partial charge is 0.334 e. The van der Waals surface area contributed by atoms with Crippen LogP contribution in [0.5, 0.6) is 0 Å². The van der Waals surface area contributed by atoms with Crippen molar-refractivity contribution >= 4 is 17.7 Å². The first-order valence-corrected chi connectivity index (χ1v) is 5.86. The summed E-state index contributed by atoms with van der Waals surface area (Å²) in [6.07, 6.45) is 1.36. The highest BCUT2D eigenvalue weighted by molar-refractivity contribution is 8.00. The van der Waals surface area contributed by atoms with Gasteiger partial charge in [-0.2, -0.15) is 16.9 Å². The van der Waals surface area contributed by atoms with Gasteiger partial charge in [0.05, 0.1) is 0 Å². The van der Waals surface area contributed by atoms with E-state index >= 15 is 0 Å². The highest BCUT2D eigenvalue weighted by Crippen LogP contribution is 2.29. The molecule has 82 valence electrons. The molecule has 6 heteroatoms. The molecular formula is C9H14N4OS. The van der Waals surface area contributed by atoms with Gasteiger partial charge < -0.3 is 4.90 Å². The zero-order chi connectivity index (χ0) is 10.9. The third-order valence-electron chi connectivity index (χ3n) is 2.33. The van der Waals surface area contributed by atoms with Crippen LogP contribution in [0.25, 0.3) is 0 Å². The molecule has 0 saturated carbocycles. The Morgan fingerprint density at radius 1 is 1.67 bits per heavy atom. The molecule has 2 heterocycles. The minimum absolute atomic E-state index is 0.0547. The molecular weight excluding hydrogens is 212 g/mol. The number of carbonyl (C=O) groups is 1. The molecule has 0 bridgehead atoms. The highest BCUT2D eigenvalue weighted by Gasteiger charge is 2.30. The fourth-order valence-corrected chi connectivity index (χ4v) is 2.76. The number of nitrogens with zero attached hydrogens (tertiary/aromatic N) is 3. The van der Waals surface area contributed by atoms with E-state index in [1.54, 1.807) is 0 Å². The molecule has 0 aromatic carbocycles. The summed E-state index contributed by atoms with van der Waals surface area (Å²) in [5.41, 5.74) is 0. The molecule has 0 spiro atoms. The monoisotopic (exact) mass is 226 g/mol. The van der Waals surface area contributed by atoms with E-state index in [1.165, 1.54) is 6.33 Å². The Kier molecular flexibility index (Phi) is 2.68. The number of carbonyl (C=O) groups excluding carboxylic acids is 1. The van der Waals surface area contributed by atoms with Crippen LogP contribution < -0.4 is 0 Å². The third kappa shape index (κ3) is 2.31. The van der Waals surface area contributed by atoms with E-state index in [-0.39, 0.29) is 10.7 Å². The molecule has 5 nitrogen and oxygen atoms in total. The molecule has 1 aliphatic heterocycles. The number of aromatic amines is 1. The molecule has 1 saturated heterocycles. The smallest absolute Gasteiger partial charge is 0.291 e. The SMILES string of the molecule is CC1(C)CN(C(=O)c2ncn[nH]2)CCS1. The number of amides is 1. The Hall–Kier alpha value is -1.04. The Morgan fingerprint density at radius 3 is 3.07 bits per heavy atom. The average Bonchev–Trinajstić information content (AvgIpc) is 2.67. The number of rotatable bonds is 1. The van der Waals surface area contributed by atoms with Gasteiger partial charge in [-0.25, -0.2) is 4.98 Å². The van der Waals surface area contributed by atoms with Gasteiger partial charge in [0.25, 0.3) is 5.91 Å². The Balaban J connectivity index is 2.08. The maximum atomic E-state index is 11.9. The predicted octanol–water partition coefficient (Wildman–Crippen LogP) is 0.772. The average molecular weight is 226 g/mol. The summed E-state index contributed by atoms with van der Waals surface area (Å²) in [4.78, 5) is 17.6. The molecule has 1 aliphatic rings. The van der Waals surface area contributed by atoms with Gasteiger partial charge in [0, 0.05) is 23.6 Å². The second-order valence-electron chi connectivity index (χ2n) is 4.17. The Labute approximate surface area is 92.6 Å². The third-order valence-corrected chi connectivity index (χ3v) is 3.63. The number of hydrogen-bond donors (Lipinski definition) is 1. The lowest BCUT2D eigenvalue weighted by Gasteiger charge is -2.37. The molecule has 1 aromatic rings. The lowest BCUT2D eigenvalue weighted by Crippen LogP contribution is -2.46. The van der Waals surface area contributed by atoms with Crippen molar-refractivity contribution in [3.05, 3.63) is 12.2 Å². The lowest BCUT2D eigenvalue weighted by atomic mass is 10.2. The summed E-state index contributed by atoms with van der Waals surface area (Å²) >= 11 is 1.90. The van der Waals surface area contributed by atoms with Crippen molar-refractivity contribution in [1.82, 2.24) is 20.1 Å². The van der Waals surface area contributed by atoms with Gasteiger partial charge in [0.15, 0.2) is 0 Å². The van der Waals surface area contributed by atoms with Gasteiger partial charge in [-0.1, -0.05) is 0 Å². The minimum atomic E-state index is -0.0547. The van der Waals surface area contributed by atoms with Crippen LogP contribution in [0.3, 0.4) is 0 Å². The molecule has 1 amide bonds.